The van der Waals surface area contributed by atoms with Crippen LogP contribution in [-0.4, -0.2) is 47.9 Å². The van der Waals surface area contributed by atoms with Crippen LogP contribution in [-0.2, 0) is 21.2 Å². The maximum Gasteiger partial charge on any atom is 0.267 e. The molecule has 1 amide bonds. The van der Waals surface area contributed by atoms with Crippen molar-refractivity contribution in [3.05, 3.63) is 46.8 Å². The third-order valence-corrected chi connectivity index (χ3v) is 6.65. The van der Waals surface area contributed by atoms with E-state index in [0.717, 1.165) is 15.1 Å². The van der Waals surface area contributed by atoms with Crippen molar-refractivity contribution < 1.29 is 13.2 Å². The van der Waals surface area contributed by atoms with E-state index in [1.807, 2.05) is 30.5 Å². The van der Waals surface area contributed by atoms with Crippen LogP contribution in [0.15, 0.2) is 46.1 Å². The van der Waals surface area contributed by atoms with Crippen LogP contribution in [0, 0.1) is 0 Å². The Kier molecular flexibility index (Phi) is 5.47. The third-order valence-electron chi connectivity index (χ3n) is 4.14. The molecule has 0 aliphatic carbocycles. The molecule has 1 aromatic heterocycles. The Morgan fingerprint density at radius 3 is 2.62 bits per heavy atom. The lowest BCUT2D eigenvalue weighted by atomic mass is 10.1. The zero-order chi connectivity index (χ0) is 18.7. The summed E-state index contributed by atoms with van der Waals surface area (Å²) in [7, 11) is -3.07. The lowest BCUT2D eigenvalue weighted by Gasteiger charge is -2.12. The van der Waals surface area contributed by atoms with Gasteiger partial charge in [-0.25, -0.2) is 13.1 Å². The van der Waals surface area contributed by atoms with Gasteiger partial charge < -0.3 is 5.32 Å². The molecule has 7 nitrogen and oxygen atoms in total. The number of aromatic nitrogens is 2. The van der Waals surface area contributed by atoms with Gasteiger partial charge in [0.1, 0.15) is 6.54 Å². The first-order valence-corrected chi connectivity index (χ1v) is 11.1. The normalized spacial score (nSPS) is 18.6. The average Bonchev–Trinajstić information content (AvgIpc) is 2.95. The van der Waals surface area contributed by atoms with Gasteiger partial charge in [0.25, 0.3) is 5.56 Å². The highest BCUT2D eigenvalue weighted by molar-refractivity contribution is 7.98. The molecule has 2 heterocycles. The average molecular weight is 393 g/mol. The van der Waals surface area contributed by atoms with Crippen LogP contribution in [0.1, 0.15) is 6.42 Å². The van der Waals surface area contributed by atoms with Gasteiger partial charge in [0.2, 0.25) is 5.91 Å². The quantitative estimate of drug-likeness (QED) is 0.759. The van der Waals surface area contributed by atoms with Crippen molar-refractivity contribution in [1.82, 2.24) is 15.1 Å². The molecular weight excluding hydrogens is 374 g/mol. The topological polar surface area (TPSA) is 98.1 Å². The molecule has 2 aromatic rings. The number of nitrogens with one attached hydrogen (secondary N) is 1. The van der Waals surface area contributed by atoms with Crippen LogP contribution in [0.4, 0.5) is 0 Å². The van der Waals surface area contributed by atoms with Crippen LogP contribution in [0.25, 0.3) is 11.3 Å². The summed E-state index contributed by atoms with van der Waals surface area (Å²) >= 11 is 1.63. The fraction of sp³-hybridized carbons (Fsp3) is 0.353. The molecule has 0 spiro atoms. The van der Waals surface area contributed by atoms with Crippen molar-refractivity contribution >= 4 is 27.5 Å². The fourth-order valence-electron chi connectivity index (χ4n) is 2.80. The lowest BCUT2D eigenvalue weighted by Crippen LogP contribution is -2.40. The standard InChI is InChI=1S/C17H19N3O4S2/c1-25-14-4-2-12(3-5-14)15-6-7-17(22)20(19-15)10-16(21)18-13-8-9-26(23,24)11-13/h2-7,13H,8-11H2,1H3,(H,18,21)/t13-/m1/s1. The number of carbonyl (C=O) groups excluding carboxylic acids is 1. The molecule has 1 N–H and O–H groups in total. The van der Waals surface area contributed by atoms with Gasteiger partial charge in [-0.1, -0.05) is 12.1 Å². The predicted molar refractivity (Wildman–Crippen MR) is 101 cm³/mol. The zero-order valence-corrected chi connectivity index (χ0v) is 15.8. The first-order valence-electron chi connectivity index (χ1n) is 8.09. The minimum atomic E-state index is -3.07. The Bertz CT molecular complexity index is 968. The summed E-state index contributed by atoms with van der Waals surface area (Å²) in [5, 5.41) is 6.92. The van der Waals surface area contributed by atoms with Gasteiger partial charge in [-0.3, -0.25) is 9.59 Å². The lowest BCUT2D eigenvalue weighted by molar-refractivity contribution is -0.122. The Hall–Kier alpha value is -2.13. The number of thioether (sulfide) groups is 1. The molecule has 1 aliphatic rings. The maximum atomic E-state index is 12.2. The van der Waals surface area contributed by atoms with E-state index in [9.17, 15) is 18.0 Å². The van der Waals surface area contributed by atoms with Crippen molar-refractivity contribution in [1.29, 1.82) is 0 Å². The van der Waals surface area contributed by atoms with Gasteiger partial charge in [-0.05, 0) is 30.9 Å². The van der Waals surface area contributed by atoms with Crippen molar-refractivity contribution in [3.8, 4) is 11.3 Å². The van der Waals surface area contributed by atoms with Crippen LogP contribution in [0.5, 0.6) is 0 Å². The molecule has 138 valence electrons. The summed E-state index contributed by atoms with van der Waals surface area (Å²) in [6, 6.07) is 10.3. The molecule has 9 heteroatoms. The Morgan fingerprint density at radius 2 is 2.00 bits per heavy atom. The Labute approximate surface area is 155 Å². The summed E-state index contributed by atoms with van der Waals surface area (Å²) in [6.07, 6.45) is 2.39. The van der Waals surface area contributed by atoms with Crippen molar-refractivity contribution in [2.45, 2.75) is 23.9 Å². The van der Waals surface area contributed by atoms with Crippen LogP contribution in [0.2, 0.25) is 0 Å². The Morgan fingerprint density at radius 1 is 1.27 bits per heavy atom. The van der Waals surface area contributed by atoms with Gasteiger partial charge in [-0.15, -0.1) is 11.8 Å². The van der Waals surface area contributed by atoms with Crippen LogP contribution < -0.4 is 10.9 Å². The summed E-state index contributed by atoms with van der Waals surface area (Å²) < 4.78 is 24.0. The first-order chi connectivity index (χ1) is 12.4. The molecule has 0 radical (unpaired) electrons. The van der Waals surface area contributed by atoms with E-state index in [0.29, 0.717) is 12.1 Å². The summed E-state index contributed by atoms with van der Waals surface area (Å²) in [5.74, 6) is -0.391. The molecule has 26 heavy (non-hydrogen) atoms. The predicted octanol–water partition coefficient (Wildman–Crippen LogP) is 0.935. The molecule has 0 bridgehead atoms. The fourth-order valence-corrected chi connectivity index (χ4v) is 4.88. The number of amides is 1. The van der Waals surface area contributed by atoms with Crippen LogP contribution in [0.3, 0.4) is 0 Å². The van der Waals surface area contributed by atoms with E-state index < -0.39 is 21.8 Å². The van der Waals surface area contributed by atoms with Gasteiger partial charge >= 0.3 is 0 Å². The van der Waals surface area contributed by atoms with E-state index in [-0.39, 0.29) is 23.6 Å². The molecule has 1 aliphatic heterocycles. The number of hydrogen-bond acceptors (Lipinski definition) is 6. The number of rotatable bonds is 5. The number of hydrogen-bond donors (Lipinski definition) is 1. The number of benzene rings is 1. The smallest absolute Gasteiger partial charge is 0.267 e. The molecule has 0 saturated carbocycles. The number of carbonyl (C=O) groups is 1. The number of nitrogens with zero attached hydrogens (tertiary/aromatic N) is 2. The minimum absolute atomic E-state index is 0.0527. The van der Waals surface area contributed by atoms with Gasteiger partial charge in [0, 0.05) is 22.6 Å². The van der Waals surface area contributed by atoms with Crippen molar-refractivity contribution in [2.24, 2.45) is 0 Å². The highest BCUT2D eigenvalue weighted by atomic mass is 32.2. The second kappa shape index (κ2) is 7.63. The summed E-state index contributed by atoms with van der Waals surface area (Å²) in [6.45, 7) is -0.244. The Balaban J connectivity index is 1.73. The minimum Gasteiger partial charge on any atom is -0.351 e. The molecule has 1 fully saturated rings. The highest BCUT2D eigenvalue weighted by Gasteiger charge is 2.28. The number of sulfone groups is 1. The van der Waals surface area contributed by atoms with E-state index in [1.54, 1.807) is 17.8 Å². The van der Waals surface area contributed by atoms with Crippen LogP contribution >= 0.6 is 11.8 Å². The zero-order valence-electron chi connectivity index (χ0n) is 14.2. The third kappa shape index (κ3) is 4.53. The second-order valence-electron chi connectivity index (χ2n) is 6.11. The largest absolute Gasteiger partial charge is 0.351 e. The molecule has 0 unspecified atom stereocenters. The van der Waals surface area contributed by atoms with Gasteiger partial charge in [-0.2, -0.15) is 5.10 Å². The first kappa shape index (κ1) is 18.7. The molecule has 1 saturated heterocycles. The van der Waals surface area contributed by atoms with E-state index >= 15 is 0 Å². The second-order valence-corrected chi connectivity index (χ2v) is 9.22. The van der Waals surface area contributed by atoms with E-state index in [2.05, 4.69) is 10.4 Å². The van der Waals surface area contributed by atoms with E-state index in [1.165, 1.54) is 6.07 Å². The van der Waals surface area contributed by atoms with Crippen molar-refractivity contribution in [2.75, 3.05) is 17.8 Å². The van der Waals surface area contributed by atoms with Gasteiger partial charge in [0.05, 0.1) is 17.2 Å². The highest BCUT2D eigenvalue weighted by Crippen LogP contribution is 2.20. The monoisotopic (exact) mass is 393 g/mol. The van der Waals surface area contributed by atoms with Gasteiger partial charge in [0.15, 0.2) is 9.84 Å². The summed E-state index contributed by atoms with van der Waals surface area (Å²) in [5.41, 5.74) is 1.05. The van der Waals surface area contributed by atoms with Crippen molar-refractivity contribution in [3.63, 3.8) is 0 Å². The molecule has 1 atom stereocenters. The molecule has 3 rings (SSSR count). The maximum absolute atomic E-state index is 12.2. The SMILES string of the molecule is CSc1ccc(-c2ccc(=O)n(CC(=O)N[C@@H]3CCS(=O)(=O)C3)n2)cc1. The summed E-state index contributed by atoms with van der Waals surface area (Å²) in [4.78, 5) is 25.3. The molecular formula is C17H19N3O4S2. The van der Waals surface area contributed by atoms with E-state index in [4.69, 9.17) is 0 Å². The molecule has 1 aromatic carbocycles.